The molecule has 2 heterocycles. The van der Waals surface area contributed by atoms with Gasteiger partial charge in [0.2, 0.25) is 0 Å². The molecule has 1 aromatic heterocycles. The van der Waals surface area contributed by atoms with Crippen LogP contribution in [0, 0.1) is 0 Å². The van der Waals surface area contributed by atoms with E-state index in [-0.39, 0.29) is 11.8 Å². The molecule has 2 N–H and O–H groups in total. The highest BCUT2D eigenvalue weighted by Gasteiger charge is 2.36. The van der Waals surface area contributed by atoms with Crippen LogP contribution in [0.25, 0.3) is 10.9 Å². The number of hydrogen-bond donors (Lipinski definition) is 2. The minimum atomic E-state index is -0.979. The Balaban J connectivity index is 1.48. The lowest BCUT2D eigenvalue weighted by Crippen LogP contribution is -2.47. The van der Waals surface area contributed by atoms with E-state index in [1.807, 2.05) is 48.5 Å². The molecular weight excluding hydrogens is 416 g/mol. The molecule has 0 spiro atoms. The molecule has 0 fully saturated rings. The Bertz CT molecular complexity index is 1040. The van der Waals surface area contributed by atoms with Crippen LogP contribution < -0.4 is 0 Å². The fraction of sp³-hybridized carbons (Fsp3) is 0.200. The Kier molecular flexibility index (Phi) is 5.57. The highest BCUT2D eigenvalue weighted by Crippen LogP contribution is 2.35. The smallest absolute Gasteiger partial charge is 0.326 e. The van der Waals surface area contributed by atoms with E-state index < -0.39 is 12.0 Å². The lowest BCUT2D eigenvalue weighted by atomic mass is 9.97. The van der Waals surface area contributed by atoms with E-state index in [0.717, 1.165) is 38.5 Å². The van der Waals surface area contributed by atoms with Crippen molar-refractivity contribution in [2.75, 3.05) is 0 Å². The first kappa shape index (κ1) is 19.2. The van der Waals surface area contributed by atoms with E-state index in [0.29, 0.717) is 17.2 Å². The number of benzene rings is 2. The maximum atomic E-state index is 12.8. The van der Waals surface area contributed by atoms with Crippen LogP contribution in [-0.4, -0.2) is 32.2 Å². The minimum Gasteiger partial charge on any atom is -0.480 e. The fourth-order valence-corrected chi connectivity index (χ4v) is 5.47. The molecule has 144 valence electrons. The summed E-state index contributed by atoms with van der Waals surface area (Å²) < 4.78 is 0. The highest BCUT2D eigenvalue weighted by molar-refractivity contribution is 8.81. The minimum absolute atomic E-state index is 0.240. The normalized spacial score (nSPS) is 16.2. The topological polar surface area (TPSA) is 73.4 Å². The number of nitrogens with zero attached hydrogens (tertiary/aromatic N) is 1. The summed E-state index contributed by atoms with van der Waals surface area (Å²) in [5, 5.41) is 11.1. The summed E-state index contributed by atoms with van der Waals surface area (Å²) in [7, 11) is 2.47. The molecule has 0 radical (unpaired) electrons. The molecule has 0 unspecified atom stereocenters. The second-order valence-corrected chi connectivity index (χ2v) is 9.24. The van der Waals surface area contributed by atoms with Crippen LogP contribution in [-0.2, 0) is 23.5 Å². The number of hydrogen-bond acceptors (Lipinski definition) is 4. The van der Waals surface area contributed by atoms with Crippen molar-refractivity contribution in [3.05, 3.63) is 70.4 Å². The van der Waals surface area contributed by atoms with E-state index in [4.69, 9.17) is 11.6 Å². The van der Waals surface area contributed by atoms with Gasteiger partial charge in [-0.3, -0.25) is 4.79 Å². The number of carboxylic acid groups (broad SMARTS) is 1. The van der Waals surface area contributed by atoms with Crippen LogP contribution in [0.3, 0.4) is 0 Å². The average Bonchev–Trinajstić information content (AvgIpc) is 3.06. The molecule has 0 bridgehead atoms. The quantitative estimate of drug-likeness (QED) is 0.545. The molecular formula is C20H17ClN2O3S2. The van der Waals surface area contributed by atoms with Gasteiger partial charge in [-0.1, -0.05) is 52.7 Å². The second kappa shape index (κ2) is 8.11. The largest absolute Gasteiger partial charge is 0.480 e. The predicted molar refractivity (Wildman–Crippen MR) is 115 cm³/mol. The summed E-state index contributed by atoms with van der Waals surface area (Å²) in [6.45, 7) is 0.272. The monoisotopic (exact) mass is 432 g/mol. The number of carboxylic acids is 1. The standard InChI is InChI=1S/C20H17ClN2O3S2/c21-13-7-5-12(6-8-13)11-27-28-20(26)23-10-17-15(9-18(23)19(24)25)14-3-1-2-4-16(14)22-17/h1-8,18,22H,9-11H2,(H,24,25)/t18-/m0/s1. The molecule has 4 rings (SSSR count). The first-order valence-electron chi connectivity index (χ1n) is 8.68. The maximum Gasteiger partial charge on any atom is 0.326 e. The molecule has 0 saturated carbocycles. The zero-order valence-electron chi connectivity index (χ0n) is 14.7. The van der Waals surface area contributed by atoms with Gasteiger partial charge in [-0.2, -0.15) is 0 Å². The first-order chi connectivity index (χ1) is 13.5. The maximum absolute atomic E-state index is 12.8. The number of para-hydroxylation sites is 1. The second-order valence-electron chi connectivity index (χ2n) is 6.55. The predicted octanol–water partition coefficient (Wildman–Crippen LogP) is 5.33. The van der Waals surface area contributed by atoms with Crippen molar-refractivity contribution in [2.45, 2.75) is 24.8 Å². The van der Waals surface area contributed by atoms with Crippen molar-refractivity contribution in [3.63, 3.8) is 0 Å². The molecule has 5 nitrogen and oxygen atoms in total. The third kappa shape index (κ3) is 3.87. The van der Waals surface area contributed by atoms with Crippen molar-refractivity contribution >= 4 is 55.3 Å². The molecule has 28 heavy (non-hydrogen) atoms. The average molecular weight is 433 g/mol. The summed E-state index contributed by atoms with van der Waals surface area (Å²) in [5.74, 6) is -0.343. The molecule has 1 aliphatic rings. The number of aliphatic carboxylic acids is 1. The van der Waals surface area contributed by atoms with E-state index in [2.05, 4.69) is 4.98 Å². The number of H-pyrrole nitrogens is 1. The number of fused-ring (bicyclic) bond motifs is 3. The summed E-state index contributed by atoms with van der Waals surface area (Å²) in [6, 6.07) is 14.4. The van der Waals surface area contributed by atoms with Crippen LogP contribution in [0.4, 0.5) is 4.79 Å². The molecule has 2 aromatic carbocycles. The lowest BCUT2D eigenvalue weighted by Gasteiger charge is -2.32. The van der Waals surface area contributed by atoms with Gasteiger partial charge in [-0.25, -0.2) is 4.79 Å². The molecule has 8 heteroatoms. The zero-order chi connectivity index (χ0) is 19.7. The van der Waals surface area contributed by atoms with Crippen LogP contribution in [0.2, 0.25) is 5.02 Å². The third-order valence-corrected chi connectivity index (χ3v) is 7.13. The van der Waals surface area contributed by atoms with Crippen LogP contribution in [0.1, 0.15) is 16.8 Å². The van der Waals surface area contributed by atoms with Crippen LogP contribution >= 0.6 is 33.2 Å². The number of carbonyl (C=O) groups is 2. The first-order valence-corrected chi connectivity index (χ1v) is 11.4. The van der Waals surface area contributed by atoms with Crippen molar-refractivity contribution in [1.29, 1.82) is 0 Å². The Morgan fingerprint density at radius 1 is 1.18 bits per heavy atom. The molecule has 1 amide bonds. The summed E-state index contributed by atoms with van der Waals surface area (Å²) in [5.41, 5.74) is 3.93. The Hall–Kier alpha value is -2.09. The van der Waals surface area contributed by atoms with Gasteiger partial charge < -0.3 is 15.0 Å². The number of halogens is 1. The van der Waals surface area contributed by atoms with E-state index >= 15 is 0 Å². The van der Waals surface area contributed by atoms with Gasteiger partial charge in [-0.05, 0) is 29.3 Å². The Morgan fingerprint density at radius 2 is 1.93 bits per heavy atom. The Labute approximate surface area is 174 Å². The van der Waals surface area contributed by atoms with Gasteiger partial charge in [0.25, 0.3) is 5.24 Å². The number of aromatic nitrogens is 1. The van der Waals surface area contributed by atoms with Gasteiger partial charge in [0.1, 0.15) is 6.04 Å². The summed E-state index contributed by atoms with van der Waals surface area (Å²) >= 11 is 5.88. The number of carbonyl (C=O) groups excluding carboxylic acids is 1. The molecule has 1 aliphatic heterocycles. The molecule has 3 aromatic rings. The summed E-state index contributed by atoms with van der Waals surface area (Å²) in [6.07, 6.45) is 0.308. The van der Waals surface area contributed by atoms with Gasteiger partial charge in [-0.15, -0.1) is 0 Å². The van der Waals surface area contributed by atoms with E-state index in [1.54, 1.807) is 0 Å². The van der Waals surface area contributed by atoms with E-state index in [9.17, 15) is 14.7 Å². The van der Waals surface area contributed by atoms with Gasteiger partial charge in [0, 0.05) is 44.6 Å². The van der Waals surface area contributed by atoms with Crippen molar-refractivity contribution in [1.82, 2.24) is 9.88 Å². The number of rotatable bonds is 4. The van der Waals surface area contributed by atoms with Gasteiger partial charge >= 0.3 is 5.97 Å². The SMILES string of the molecule is O=C(O)[C@@H]1Cc2c([nH]c3ccccc23)CN1C(=O)SSCc1ccc(Cl)cc1. The van der Waals surface area contributed by atoms with Crippen molar-refractivity contribution in [2.24, 2.45) is 0 Å². The molecule has 1 atom stereocenters. The van der Waals surface area contributed by atoms with E-state index in [1.165, 1.54) is 15.7 Å². The number of nitrogens with one attached hydrogen (secondary N) is 1. The van der Waals surface area contributed by atoms with Gasteiger partial charge in [0.05, 0.1) is 6.54 Å². The van der Waals surface area contributed by atoms with Crippen molar-refractivity contribution < 1.29 is 14.7 Å². The zero-order valence-corrected chi connectivity index (χ0v) is 17.1. The summed E-state index contributed by atoms with van der Waals surface area (Å²) in [4.78, 5) is 29.4. The highest BCUT2D eigenvalue weighted by atomic mass is 35.5. The third-order valence-electron chi connectivity index (χ3n) is 4.79. The van der Waals surface area contributed by atoms with Crippen LogP contribution in [0.5, 0.6) is 0 Å². The number of amides is 1. The van der Waals surface area contributed by atoms with Crippen LogP contribution in [0.15, 0.2) is 48.5 Å². The number of aromatic amines is 1. The lowest BCUT2D eigenvalue weighted by molar-refractivity contribution is -0.142. The van der Waals surface area contributed by atoms with Gasteiger partial charge in [0.15, 0.2) is 0 Å². The molecule has 0 aliphatic carbocycles. The van der Waals surface area contributed by atoms with Crippen molar-refractivity contribution in [3.8, 4) is 0 Å². The molecule has 0 saturated heterocycles. The Morgan fingerprint density at radius 3 is 2.68 bits per heavy atom. The fourth-order valence-electron chi connectivity index (χ4n) is 3.40.